The highest BCUT2D eigenvalue weighted by Gasteiger charge is 2.44. The number of rotatable bonds is 5. The number of guanidine groups is 1. The normalized spacial score (nSPS) is 16.1. The molecule has 5 nitrogen and oxygen atoms in total. The van der Waals surface area contributed by atoms with Crippen LogP contribution in [0.5, 0.6) is 0 Å². The smallest absolute Gasteiger partial charge is 0.214 e. The minimum Gasteiger partial charge on any atom is -0.444 e. The van der Waals surface area contributed by atoms with Crippen LogP contribution in [0.15, 0.2) is 33.7 Å². The summed E-state index contributed by atoms with van der Waals surface area (Å²) in [5.74, 6) is 1.97. The number of aryl methyl sites for hydroxylation is 2. The van der Waals surface area contributed by atoms with Gasteiger partial charge in [-0.25, -0.2) is 9.37 Å². The van der Waals surface area contributed by atoms with E-state index in [0.29, 0.717) is 18.4 Å². The molecular weight excluding hydrogens is 307 g/mol. The van der Waals surface area contributed by atoms with Crippen LogP contribution in [0.3, 0.4) is 0 Å². The molecule has 0 radical (unpaired) electrons. The van der Waals surface area contributed by atoms with E-state index in [1.54, 1.807) is 19.2 Å². The summed E-state index contributed by atoms with van der Waals surface area (Å²) >= 11 is 0. The maximum absolute atomic E-state index is 13.5. The summed E-state index contributed by atoms with van der Waals surface area (Å²) in [6.07, 6.45) is 2.11. The molecule has 1 fully saturated rings. The molecule has 1 saturated carbocycles. The standard InChI is InChI=1S/C18H23FN4O/c1-12-13(2)24-16(23-12)10-21-17(20-3)22-11-18(7-8-18)14-5-4-6-15(19)9-14/h4-6,9H,7-8,10-11H2,1-3H3,(H2,20,21,22). The van der Waals surface area contributed by atoms with Gasteiger partial charge in [-0.1, -0.05) is 12.1 Å². The molecule has 3 rings (SSSR count). The Morgan fingerprint density at radius 1 is 1.33 bits per heavy atom. The minimum atomic E-state index is -0.184. The first kappa shape index (κ1) is 16.5. The molecular formula is C18H23FN4O. The number of aliphatic imine (C=N–C) groups is 1. The molecule has 2 N–H and O–H groups in total. The van der Waals surface area contributed by atoms with Gasteiger partial charge in [-0.3, -0.25) is 4.99 Å². The van der Waals surface area contributed by atoms with E-state index in [-0.39, 0.29) is 11.2 Å². The lowest BCUT2D eigenvalue weighted by atomic mass is 9.96. The van der Waals surface area contributed by atoms with Gasteiger partial charge in [-0.2, -0.15) is 0 Å². The molecule has 0 aliphatic heterocycles. The highest BCUT2D eigenvalue weighted by molar-refractivity contribution is 5.79. The zero-order valence-corrected chi connectivity index (χ0v) is 14.3. The molecule has 128 valence electrons. The van der Waals surface area contributed by atoms with Crippen molar-refractivity contribution in [3.05, 3.63) is 53.0 Å². The first-order chi connectivity index (χ1) is 11.5. The molecule has 6 heteroatoms. The third kappa shape index (κ3) is 3.58. The quantitative estimate of drug-likeness (QED) is 0.654. The second-order valence-electron chi connectivity index (χ2n) is 6.32. The number of oxazole rings is 1. The summed E-state index contributed by atoms with van der Waals surface area (Å²) in [7, 11) is 1.73. The van der Waals surface area contributed by atoms with Crippen LogP contribution in [0.4, 0.5) is 4.39 Å². The number of aromatic nitrogens is 1. The number of halogens is 1. The van der Waals surface area contributed by atoms with Crippen molar-refractivity contribution in [3.63, 3.8) is 0 Å². The fourth-order valence-electron chi connectivity index (χ4n) is 2.78. The highest BCUT2D eigenvalue weighted by atomic mass is 19.1. The van der Waals surface area contributed by atoms with E-state index in [9.17, 15) is 4.39 Å². The lowest BCUT2D eigenvalue weighted by Gasteiger charge is -2.18. The molecule has 1 aromatic heterocycles. The first-order valence-electron chi connectivity index (χ1n) is 8.16. The van der Waals surface area contributed by atoms with Gasteiger partial charge in [0.05, 0.1) is 12.2 Å². The third-order valence-corrected chi connectivity index (χ3v) is 4.59. The fourth-order valence-corrected chi connectivity index (χ4v) is 2.78. The second kappa shape index (κ2) is 6.63. The summed E-state index contributed by atoms with van der Waals surface area (Å²) in [6, 6.07) is 6.87. The van der Waals surface area contributed by atoms with E-state index in [1.807, 2.05) is 19.9 Å². The number of hydrogen-bond donors (Lipinski definition) is 2. The average Bonchev–Trinajstić information content (AvgIpc) is 3.29. The van der Waals surface area contributed by atoms with Crippen LogP contribution in [-0.4, -0.2) is 24.5 Å². The Balaban J connectivity index is 1.56. The van der Waals surface area contributed by atoms with Crippen molar-refractivity contribution in [1.29, 1.82) is 0 Å². The largest absolute Gasteiger partial charge is 0.444 e. The molecule has 0 bridgehead atoms. The first-order valence-corrected chi connectivity index (χ1v) is 8.16. The lowest BCUT2D eigenvalue weighted by Crippen LogP contribution is -2.41. The van der Waals surface area contributed by atoms with E-state index in [2.05, 4.69) is 20.6 Å². The van der Waals surface area contributed by atoms with Crippen molar-refractivity contribution >= 4 is 5.96 Å². The molecule has 0 amide bonds. The number of nitrogens with zero attached hydrogens (tertiary/aromatic N) is 2. The van der Waals surface area contributed by atoms with E-state index >= 15 is 0 Å². The molecule has 1 aromatic carbocycles. The molecule has 1 heterocycles. The average molecular weight is 330 g/mol. The van der Waals surface area contributed by atoms with Gasteiger partial charge in [0.15, 0.2) is 5.96 Å². The zero-order valence-electron chi connectivity index (χ0n) is 14.3. The van der Waals surface area contributed by atoms with E-state index in [0.717, 1.165) is 36.4 Å². The lowest BCUT2D eigenvalue weighted by molar-refractivity contribution is 0.463. The maximum atomic E-state index is 13.5. The SMILES string of the molecule is CN=C(NCc1nc(C)c(C)o1)NCC1(c2cccc(F)c2)CC1. The van der Waals surface area contributed by atoms with Gasteiger partial charge >= 0.3 is 0 Å². The van der Waals surface area contributed by atoms with Crippen molar-refractivity contribution in [1.82, 2.24) is 15.6 Å². The third-order valence-electron chi connectivity index (χ3n) is 4.59. The second-order valence-corrected chi connectivity index (χ2v) is 6.32. The maximum Gasteiger partial charge on any atom is 0.214 e. The molecule has 2 aromatic rings. The van der Waals surface area contributed by atoms with E-state index in [1.165, 1.54) is 6.07 Å². The van der Waals surface area contributed by atoms with Gasteiger partial charge in [-0.05, 0) is 44.4 Å². The monoisotopic (exact) mass is 330 g/mol. The fraction of sp³-hybridized carbons (Fsp3) is 0.444. The van der Waals surface area contributed by atoms with Gasteiger partial charge < -0.3 is 15.1 Å². The van der Waals surface area contributed by atoms with Crippen molar-refractivity contribution < 1.29 is 8.81 Å². The van der Waals surface area contributed by atoms with E-state index in [4.69, 9.17) is 4.42 Å². The summed E-state index contributed by atoms with van der Waals surface area (Å²) < 4.78 is 19.0. The van der Waals surface area contributed by atoms with Gasteiger partial charge in [0.1, 0.15) is 11.6 Å². The summed E-state index contributed by atoms with van der Waals surface area (Å²) in [6.45, 7) is 5.01. The van der Waals surface area contributed by atoms with Crippen LogP contribution in [-0.2, 0) is 12.0 Å². The van der Waals surface area contributed by atoms with Crippen LogP contribution < -0.4 is 10.6 Å². The Bertz CT molecular complexity index is 730. The van der Waals surface area contributed by atoms with Gasteiger partial charge in [-0.15, -0.1) is 0 Å². The van der Waals surface area contributed by atoms with Crippen molar-refractivity contribution in [3.8, 4) is 0 Å². The summed E-state index contributed by atoms with van der Waals surface area (Å²) in [4.78, 5) is 8.57. The van der Waals surface area contributed by atoms with Crippen LogP contribution in [0.25, 0.3) is 0 Å². The topological polar surface area (TPSA) is 62.5 Å². The molecule has 1 aliphatic carbocycles. The predicted molar refractivity (Wildman–Crippen MR) is 91.5 cm³/mol. The Hall–Kier alpha value is -2.37. The Morgan fingerprint density at radius 2 is 2.12 bits per heavy atom. The molecule has 24 heavy (non-hydrogen) atoms. The predicted octanol–water partition coefficient (Wildman–Crippen LogP) is 2.83. The molecule has 1 aliphatic rings. The Kier molecular flexibility index (Phi) is 4.55. The highest BCUT2D eigenvalue weighted by Crippen LogP contribution is 2.47. The van der Waals surface area contributed by atoms with Crippen LogP contribution >= 0.6 is 0 Å². The van der Waals surface area contributed by atoms with Crippen molar-refractivity contribution in [2.24, 2.45) is 4.99 Å². The minimum absolute atomic E-state index is 0.00975. The van der Waals surface area contributed by atoms with Gasteiger partial charge in [0.25, 0.3) is 0 Å². The summed E-state index contributed by atoms with van der Waals surface area (Å²) in [5, 5.41) is 6.53. The molecule has 0 atom stereocenters. The summed E-state index contributed by atoms with van der Waals surface area (Å²) in [5.41, 5.74) is 1.96. The molecule has 0 unspecified atom stereocenters. The zero-order chi connectivity index (χ0) is 17.2. The van der Waals surface area contributed by atoms with E-state index < -0.39 is 0 Å². The van der Waals surface area contributed by atoms with Gasteiger partial charge in [0.2, 0.25) is 5.89 Å². The van der Waals surface area contributed by atoms with Crippen molar-refractivity contribution in [2.75, 3.05) is 13.6 Å². The number of benzene rings is 1. The van der Waals surface area contributed by atoms with Gasteiger partial charge in [0, 0.05) is 19.0 Å². The van der Waals surface area contributed by atoms with Crippen molar-refractivity contribution in [2.45, 2.75) is 38.6 Å². The van der Waals surface area contributed by atoms with Crippen LogP contribution in [0.2, 0.25) is 0 Å². The Morgan fingerprint density at radius 3 is 2.71 bits per heavy atom. The van der Waals surface area contributed by atoms with Crippen LogP contribution in [0, 0.1) is 19.7 Å². The number of nitrogens with one attached hydrogen (secondary N) is 2. The Labute approximate surface area is 141 Å². The number of hydrogen-bond acceptors (Lipinski definition) is 3. The molecule has 0 spiro atoms. The van der Waals surface area contributed by atoms with Crippen LogP contribution in [0.1, 0.15) is 35.7 Å². The molecule has 0 saturated heterocycles.